The van der Waals surface area contributed by atoms with Crippen molar-refractivity contribution in [3.8, 4) is 11.1 Å². The number of esters is 1. The summed E-state index contributed by atoms with van der Waals surface area (Å²) in [5, 5.41) is 0. The minimum Gasteiger partial charge on any atom is -0.465 e. The molecule has 0 N–H and O–H groups in total. The molecule has 5 heteroatoms. The molecule has 0 bridgehead atoms. The third kappa shape index (κ3) is 5.54. The highest BCUT2D eigenvalue weighted by Crippen LogP contribution is 2.48. The second-order valence-electron chi connectivity index (χ2n) is 11.3. The van der Waals surface area contributed by atoms with Crippen molar-refractivity contribution in [1.82, 2.24) is 4.90 Å². The molecule has 1 amide bonds. The van der Waals surface area contributed by atoms with Crippen LogP contribution in [0.2, 0.25) is 0 Å². The van der Waals surface area contributed by atoms with E-state index in [-0.39, 0.29) is 17.8 Å². The van der Waals surface area contributed by atoms with Crippen molar-refractivity contribution in [2.75, 3.05) is 13.7 Å². The van der Waals surface area contributed by atoms with E-state index in [1.54, 1.807) is 6.07 Å². The van der Waals surface area contributed by atoms with Crippen LogP contribution in [0.4, 0.5) is 0 Å². The van der Waals surface area contributed by atoms with Gasteiger partial charge < -0.3 is 9.64 Å². The molecule has 200 valence electrons. The van der Waals surface area contributed by atoms with Gasteiger partial charge in [-0.3, -0.25) is 9.59 Å². The van der Waals surface area contributed by atoms with E-state index in [9.17, 15) is 14.4 Å². The molecule has 0 spiro atoms. The predicted octanol–water partition coefficient (Wildman–Crippen LogP) is 6.13. The first-order chi connectivity index (χ1) is 19.0. The first kappa shape index (κ1) is 25.5. The Kier molecular flexibility index (Phi) is 7.07. The number of methoxy groups -OCH3 is 1. The lowest BCUT2D eigenvalue weighted by atomic mass is 9.85. The number of carbonyl (C=O) groups excluding carboxylic acids is 3. The lowest BCUT2D eigenvalue weighted by Crippen LogP contribution is -2.37. The van der Waals surface area contributed by atoms with E-state index in [2.05, 4.69) is 24.3 Å². The molecule has 0 saturated heterocycles. The summed E-state index contributed by atoms with van der Waals surface area (Å²) < 4.78 is 4.94. The van der Waals surface area contributed by atoms with Gasteiger partial charge in [-0.25, -0.2) is 4.79 Å². The summed E-state index contributed by atoms with van der Waals surface area (Å²) in [6, 6.07) is 22.1. The van der Waals surface area contributed by atoms with Gasteiger partial charge in [-0.15, -0.1) is 0 Å². The van der Waals surface area contributed by atoms with Crippen LogP contribution in [0, 0.1) is 11.8 Å². The summed E-state index contributed by atoms with van der Waals surface area (Å²) in [7, 11) is 1.39. The number of nitrogens with zero attached hydrogens (tertiary/aromatic N) is 1. The Morgan fingerprint density at radius 2 is 1.77 bits per heavy atom. The quantitative estimate of drug-likeness (QED) is 0.318. The zero-order valence-corrected chi connectivity index (χ0v) is 22.5. The first-order valence-electron chi connectivity index (χ1n) is 14.2. The van der Waals surface area contributed by atoms with Gasteiger partial charge in [-0.1, -0.05) is 54.6 Å². The minimum absolute atomic E-state index is 0.125. The topological polar surface area (TPSA) is 63.7 Å². The molecule has 6 rings (SSSR count). The maximum Gasteiger partial charge on any atom is 0.337 e. The molecule has 0 aromatic heterocycles. The van der Waals surface area contributed by atoms with Gasteiger partial charge in [0.05, 0.1) is 12.7 Å². The highest BCUT2D eigenvalue weighted by Gasteiger charge is 2.43. The van der Waals surface area contributed by atoms with Crippen LogP contribution < -0.4 is 0 Å². The average Bonchev–Trinajstić information content (AvgIpc) is 3.91. The first-order valence-corrected chi connectivity index (χ1v) is 14.2. The Labute approximate surface area is 230 Å². The van der Waals surface area contributed by atoms with Crippen molar-refractivity contribution in [3.63, 3.8) is 0 Å². The molecule has 3 aromatic rings. The van der Waals surface area contributed by atoms with Gasteiger partial charge in [0.25, 0.3) is 0 Å². The molecule has 2 saturated carbocycles. The van der Waals surface area contributed by atoms with E-state index in [0.29, 0.717) is 55.5 Å². The number of hydrogen-bond acceptors (Lipinski definition) is 4. The van der Waals surface area contributed by atoms with Crippen LogP contribution in [-0.2, 0) is 33.7 Å². The van der Waals surface area contributed by atoms with Gasteiger partial charge in [0.2, 0.25) is 5.91 Å². The fourth-order valence-corrected chi connectivity index (χ4v) is 6.15. The predicted molar refractivity (Wildman–Crippen MR) is 150 cm³/mol. The van der Waals surface area contributed by atoms with Crippen LogP contribution >= 0.6 is 0 Å². The maximum absolute atomic E-state index is 13.1. The molecular formula is C34H35NO4. The SMILES string of the molecule is COC(=O)c1cccc(-c2ccc(CCC(=O)C3CC3c3ccccc3)c3c2CCN(C(=O)CC2CC2)C3)c1. The fraction of sp³-hybridized carbons (Fsp3) is 0.382. The normalized spacial score (nSPS) is 19.8. The molecule has 0 radical (unpaired) electrons. The Balaban J connectivity index is 1.25. The second-order valence-corrected chi connectivity index (χ2v) is 11.3. The Hall–Kier alpha value is -3.73. The summed E-state index contributed by atoms with van der Waals surface area (Å²) in [4.78, 5) is 40.4. The molecule has 2 unspecified atom stereocenters. The molecule has 2 aliphatic carbocycles. The van der Waals surface area contributed by atoms with Crippen molar-refractivity contribution in [2.24, 2.45) is 11.8 Å². The lowest BCUT2D eigenvalue weighted by Gasteiger charge is -2.32. The number of rotatable bonds is 9. The van der Waals surface area contributed by atoms with Crippen molar-refractivity contribution in [1.29, 1.82) is 0 Å². The van der Waals surface area contributed by atoms with Crippen molar-refractivity contribution in [2.45, 2.75) is 57.4 Å². The van der Waals surface area contributed by atoms with Crippen molar-refractivity contribution in [3.05, 3.63) is 94.5 Å². The number of aryl methyl sites for hydroxylation is 1. The summed E-state index contributed by atoms with van der Waals surface area (Å²) in [5.74, 6) is 1.26. The van der Waals surface area contributed by atoms with Crippen molar-refractivity contribution < 1.29 is 19.1 Å². The number of benzene rings is 3. The van der Waals surface area contributed by atoms with Gasteiger partial charge in [-0.2, -0.15) is 0 Å². The number of amides is 1. The zero-order valence-electron chi connectivity index (χ0n) is 22.5. The minimum atomic E-state index is -0.355. The zero-order chi connectivity index (χ0) is 26.9. The monoisotopic (exact) mass is 521 g/mol. The van der Waals surface area contributed by atoms with Gasteiger partial charge in [0.1, 0.15) is 5.78 Å². The Bertz CT molecular complexity index is 1410. The summed E-state index contributed by atoms with van der Waals surface area (Å²) in [6.07, 6.45) is 5.89. The number of hydrogen-bond donors (Lipinski definition) is 0. The number of ketones is 1. The molecule has 39 heavy (non-hydrogen) atoms. The molecule has 3 aromatic carbocycles. The molecule has 1 heterocycles. The third-order valence-corrected chi connectivity index (χ3v) is 8.69. The van der Waals surface area contributed by atoms with Crippen LogP contribution in [-0.4, -0.2) is 36.2 Å². The largest absolute Gasteiger partial charge is 0.465 e. The molecule has 3 aliphatic rings. The number of carbonyl (C=O) groups is 3. The van der Waals surface area contributed by atoms with E-state index in [0.717, 1.165) is 42.4 Å². The number of fused-ring (bicyclic) bond motifs is 1. The Morgan fingerprint density at radius 1 is 0.949 bits per heavy atom. The highest BCUT2D eigenvalue weighted by molar-refractivity contribution is 5.91. The van der Waals surface area contributed by atoms with Crippen LogP contribution in [0.5, 0.6) is 0 Å². The Morgan fingerprint density at radius 3 is 2.54 bits per heavy atom. The highest BCUT2D eigenvalue weighted by atomic mass is 16.5. The van der Waals surface area contributed by atoms with Gasteiger partial charge >= 0.3 is 5.97 Å². The molecule has 1 aliphatic heterocycles. The van der Waals surface area contributed by atoms with Gasteiger partial charge in [0, 0.05) is 31.8 Å². The fourth-order valence-electron chi connectivity index (χ4n) is 6.15. The second kappa shape index (κ2) is 10.8. The number of ether oxygens (including phenoxy) is 1. The van der Waals surface area contributed by atoms with Crippen LogP contribution in [0.3, 0.4) is 0 Å². The van der Waals surface area contributed by atoms with Crippen LogP contribution in [0.1, 0.15) is 70.6 Å². The maximum atomic E-state index is 13.1. The number of Topliss-reactive ketones (excluding diaryl/α,β-unsaturated/α-hetero) is 1. The standard InChI is InChI=1S/C34H35NO4/c1-39-34(38)26-9-5-8-25(19-26)27-14-12-24(13-15-32(36)30-20-29(30)23-6-3-2-4-7-23)31-21-35(17-16-28(27)31)33(37)18-22-10-11-22/h2-9,12,14,19,22,29-30H,10-11,13,15-18,20-21H2,1H3. The van der Waals surface area contributed by atoms with Gasteiger partial charge in [-0.05, 0) is 89.5 Å². The van der Waals surface area contributed by atoms with Crippen molar-refractivity contribution >= 4 is 17.7 Å². The molecule has 2 fully saturated rings. The van der Waals surface area contributed by atoms with Crippen LogP contribution in [0.15, 0.2) is 66.7 Å². The van der Waals surface area contributed by atoms with E-state index >= 15 is 0 Å². The summed E-state index contributed by atoms with van der Waals surface area (Å²) >= 11 is 0. The smallest absolute Gasteiger partial charge is 0.337 e. The lowest BCUT2D eigenvalue weighted by molar-refractivity contribution is -0.132. The summed E-state index contributed by atoms with van der Waals surface area (Å²) in [5.41, 5.74) is 7.40. The molecular weight excluding hydrogens is 486 g/mol. The molecule has 5 nitrogen and oxygen atoms in total. The average molecular weight is 522 g/mol. The van der Waals surface area contributed by atoms with E-state index in [1.807, 2.05) is 41.3 Å². The van der Waals surface area contributed by atoms with Crippen LogP contribution in [0.25, 0.3) is 11.1 Å². The summed E-state index contributed by atoms with van der Waals surface area (Å²) in [6.45, 7) is 1.29. The van der Waals surface area contributed by atoms with E-state index in [4.69, 9.17) is 4.74 Å². The van der Waals surface area contributed by atoms with E-state index < -0.39 is 0 Å². The third-order valence-electron chi connectivity index (χ3n) is 8.69. The molecule has 2 atom stereocenters. The van der Waals surface area contributed by atoms with Gasteiger partial charge in [0.15, 0.2) is 0 Å². The van der Waals surface area contributed by atoms with E-state index in [1.165, 1.54) is 23.8 Å².